The Morgan fingerprint density at radius 2 is 1.05 bits per heavy atom. The Balaban J connectivity index is 0.000000312. The van der Waals surface area contributed by atoms with Gasteiger partial charge in [-0.2, -0.15) is 9.15 Å². The van der Waals surface area contributed by atoms with Crippen molar-refractivity contribution in [1.29, 1.82) is 0 Å². The number of anilines is 2. The predicted octanol–water partition coefficient (Wildman–Crippen LogP) is 9.20. The summed E-state index contributed by atoms with van der Waals surface area (Å²) in [6, 6.07) is 31.7. The lowest BCUT2D eigenvalue weighted by Crippen LogP contribution is -2.36. The van der Waals surface area contributed by atoms with Crippen molar-refractivity contribution >= 4 is 98.2 Å². The molecule has 8 N–H and O–H groups in total. The first-order valence-corrected chi connectivity index (χ1v) is 42.6. The number of benzene rings is 5. The number of carbonyl (C=O) groups is 4. The number of nitrogens with one attached hydrogen (secondary N) is 2. The second kappa shape index (κ2) is 37.8. The Morgan fingerprint density at radius 3 is 1.51 bits per heavy atom. The Kier molecular flexibility index (Phi) is 29.6. The highest BCUT2D eigenvalue weighted by Gasteiger charge is 2.46. The van der Waals surface area contributed by atoms with Crippen LogP contribution in [0.1, 0.15) is 127 Å². The fraction of sp³-hybridized carbons (Fsp3) is 0.392. The lowest BCUT2D eigenvalue weighted by molar-refractivity contribution is -0.438. The average Bonchev–Trinajstić information content (AvgIpc) is 1.61. The maximum absolute atomic E-state index is 13.2. The van der Waals surface area contributed by atoms with Crippen LogP contribution in [0.15, 0.2) is 196 Å². The minimum absolute atomic E-state index is 0.00126. The van der Waals surface area contributed by atoms with Crippen LogP contribution < -0.4 is 35.4 Å². The van der Waals surface area contributed by atoms with Gasteiger partial charge in [-0.05, 0) is 124 Å². The first-order chi connectivity index (χ1) is 53.1. The monoisotopic (exact) mass is 1630 g/mol. The van der Waals surface area contributed by atoms with Gasteiger partial charge in [0.05, 0.1) is 60.5 Å². The number of primary sulfonamides is 2. The van der Waals surface area contributed by atoms with Crippen molar-refractivity contribution in [2.75, 3.05) is 87.0 Å². The largest absolute Gasteiger partial charge is 0.748 e. The summed E-state index contributed by atoms with van der Waals surface area (Å²) in [5.74, 6) is -3.30. The molecule has 0 fully saturated rings. The van der Waals surface area contributed by atoms with Crippen LogP contribution in [-0.2, 0) is 85.8 Å². The highest BCUT2D eigenvalue weighted by Crippen LogP contribution is 2.50. The third-order valence-corrected chi connectivity index (χ3v) is 23.2. The van der Waals surface area contributed by atoms with Crippen LogP contribution in [0.4, 0.5) is 22.7 Å². The van der Waals surface area contributed by atoms with E-state index in [9.17, 15) is 67.1 Å². The number of allylic oxidation sites excluding steroid dienone is 12. The van der Waals surface area contributed by atoms with E-state index < -0.39 is 87.5 Å². The average molecular weight is 1630 g/mol. The number of fused-ring (bicyclic) bond motifs is 4. The van der Waals surface area contributed by atoms with Crippen molar-refractivity contribution in [3.8, 4) is 5.75 Å². The number of rotatable bonds is 38. The third kappa shape index (κ3) is 23.4. The van der Waals surface area contributed by atoms with Gasteiger partial charge in [-0.1, -0.05) is 112 Å². The van der Waals surface area contributed by atoms with E-state index >= 15 is 0 Å². The Hall–Kier alpha value is -9.97. The van der Waals surface area contributed by atoms with Crippen molar-refractivity contribution in [3.63, 3.8) is 0 Å². The molecule has 606 valence electrons. The molecule has 0 saturated carbocycles. The van der Waals surface area contributed by atoms with Gasteiger partial charge in [0, 0.05) is 136 Å². The highest BCUT2D eigenvalue weighted by molar-refractivity contribution is 7.89. The summed E-state index contributed by atoms with van der Waals surface area (Å²) in [4.78, 5) is 54.8. The number of hydrogen-bond donors (Lipinski definition) is 6. The first-order valence-electron chi connectivity index (χ1n) is 36.4. The number of para-hydroxylation sites is 2. The van der Waals surface area contributed by atoms with E-state index in [0.29, 0.717) is 37.2 Å². The van der Waals surface area contributed by atoms with Gasteiger partial charge >= 0.3 is 11.9 Å². The Bertz CT molecular complexity index is 5210. The van der Waals surface area contributed by atoms with Crippen LogP contribution in [0.25, 0.3) is 10.4 Å². The molecule has 1 unspecified atom stereocenters. The molecular weight excluding hydrogens is 1540 g/mol. The van der Waals surface area contributed by atoms with E-state index in [-0.39, 0.29) is 110 Å². The minimum atomic E-state index is -4.31. The zero-order valence-electron chi connectivity index (χ0n) is 64.2. The zero-order valence-corrected chi connectivity index (χ0v) is 67.5. The van der Waals surface area contributed by atoms with Crippen molar-refractivity contribution in [1.82, 2.24) is 10.6 Å². The summed E-state index contributed by atoms with van der Waals surface area (Å²) < 4.78 is 136. The van der Waals surface area contributed by atoms with Crippen molar-refractivity contribution in [2.45, 2.75) is 132 Å². The fourth-order valence-corrected chi connectivity index (χ4v) is 16.4. The molecule has 0 spiro atoms. The Labute approximate surface area is 659 Å². The number of carboxylic acids is 2. The summed E-state index contributed by atoms with van der Waals surface area (Å²) in [5, 5.41) is 38.0. The SMILES string of the molecule is CC1(C)C(/C=C/C=C/C=C2\N(CCC(=O)NCCNC(=O)c3cccc(OCC(N=[N+]=[N-])OCCOCC(=O)O)c3)c3ccc(S(N)(=O)=O)cc3C2(C)C)=[N+](CCCCS(=O)(=O)[O-])c2ccccc21.CC1(C)C(/C=C/C=C/C=C2\N(CCC(=O)O)c3ccc(S(N)(=O)=O)cc3C2(C)C)=[N+](CCCCS(=O)(=O)[O-])c2ccccc21. The van der Waals surface area contributed by atoms with Crippen molar-refractivity contribution < 1.29 is 95.5 Å². The van der Waals surface area contributed by atoms with Gasteiger partial charge in [0.2, 0.25) is 37.3 Å². The summed E-state index contributed by atoms with van der Waals surface area (Å²) in [6.07, 6.45) is 19.7. The normalized spacial score (nSPS) is 17.0. The number of amides is 2. The molecular formula is C79H97N11O19S4. The van der Waals surface area contributed by atoms with E-state index in [0.717, 1.165) is 62.3 Å². The van der Waals surface area contributed by atoms with Gasteiger partial charge < -0.3 is 54.0 Å². The van der Waals surface area contributed by atoms with E-state index in [4.69, 9.17) is 35.1 Å². The second-order valence-corrected chi connectivity index (χ2v) is 35.4. The van der Waals surface area contributed by atoms with Gasteiger partial charge in [-0.15, -0.1) is 0 Å². The maximum Gasteiger partial charge on any atom is 0.329 e. The molecule has 113 heavy (non-hydrogen) atoms. The van der Waals surface area contributed by atoms with Crippen LogP contribution in [0.2, 0.25) is 0 Å². The molecule has 0 bridgehead atoms. The summed E-state index contributed by atoms with van der Waals surface area (Å²) in [5.41, 5.74) is 18.1. The van der Waals surface area contributed by atoms with E-state index in [1.165, 1.54) is 18.2 Å². The van der Waals surface area contributed by atoms with E-state index in [1.807, 2.05) is 135 Å². The molecule has 30 nitrogen and oxygen atoms in total. The van der Waals surface area contributed by atoms with Crippen LogP contribution in [0.5, 0.6) is 5.75 Å². The summed E-state index contributed by atoms with van der Waals surface area (Å²) >= 11 is 0. The van der Waals surface area contributed by atoms with Crippen LogP contribution in [0.3, 0.4) is 0 Å². The van der Waals surface area contributed by atoms with E-state index in [2.05, 4.69) is 69.6 Å². The van der Waals surface area contributed by atoms with Gasteiger partial charge in [0.25, 0.3) is 5.91 Å². The number of sulfonamides is 2. The molecule has 0 saturated heterocycles. The fourth-order valence-electron chi connectivity index (χ4n) is 14.2. The predicted molar refractivity (Wildman–Crippen MR) is 427 cm³/mol. The van der Waals surface area contributed by atoms with Gasteiger partial charge in [0.1, 0.15) is 32.1 Å². The number of ether oxygens (including phenoxy) is 3. The molecule has 0 aliphatic carbocycles. The molecule has 4 aliphatic heterocycles. The maximum atomic E-state index is 13.2. The third-order valence-electron chi connectivity index (χ3n) is 19.8. The van der Waals surface area contributed by atoms with Crippen molar-refractivity contribution in [3.05, 3.63) is 220 Å². The number of unbranched alkanes of at least 4 members (excludes halogenated alkanes) is 2. The molecule has 0 aromatic heterocycles. The van der Waals surface area contributed by atoms with Gasteiger partial charge in [0.15, 0.2) is 17.7 Å². The minimum Gasteiger partial charge on any atom is -0.748 e. The van der Waals surface area contributed by atoms with Crippen LogP contribution >= 0.6 is 0 Å². The molecule has 0 radical (unpaired) electrons. The highest BCUT2D eigenvalue weighted by atomic mass is 32.2. The smallest absolute Gasteiger partial charge is 0.329 e. The topological polar surface area (TPSA) is 456 Å². The molecule has 2 amide bonds. The lowest BCUT2D eigenvalue weighted by Gasteiger charge is -2.27. The number of carboxylic acid groups (broad SMARTS) is 2. The van der Waals surface area contributed by atoms with Crippen molar-refractivity contribution in [2.24, 2.45) is 15.4 Å². The van der Waals surface area contributed by atoms with E-state index in [1.54, 1.807) is 42.5 Å². The molecule has 5 aromatic carbocycles. The standard InChI is InChI=1S/C47H58N8O12S2.C32H39N3O7S2/c1-46(2)36-15-8-9-16-38(36)54(24-10-11-28-68(60,61)62)40(46)17-6-5-7-18-41-47(3,4)37-30-35(69(49,63)64)19-20-39(37)55(41)25-21-42(56)50-22-23-51-45(59)33-13-12-14-34(29-33)67-31-43(52-53-48)66-27-26-65-32-44(57)58;1-31(2)24-12-8-9-13-26(24)34(19-10-11-21-43(38,39)40)28(31)14-6-5-7-15-29-32(3,4)25-22-23(44(33,41)42)16-17-27(25)35(29)20-18-30(36)37/h5-9,12-20,29-30,43H,10-11,21-28,31-32H2,1-4H3,(H5-,49,50,51,56,57,58,59,60,61,62,63,64);5-9,12-17,22H,10-11,18-21H2,1-4H3,(H3-,33,36,37,38,39,40,41,42). The Morgan fingerprint density at radius 1 is 0.575 bits per heavy atom. The van der Waals surface area contributed by atoms with Crippen LogP contribution in [-0.4, -0.2) is 181 Å². The number of aliphatic carboxylic acids is 2. The zero-order chi connectivity index (χ0) is 82.9. The number of hydrogen-bond acceptors (Lipinski definition) is 20. The number of carbonyl (C=O) groups excluding carboxylic acids is 2. The lowest BCUT2D eigenvalue weighted by atomic mass is 9.81. The van der Waals surface area contributed by atoms with Crippen LogP contribution in [0, 0.1) is 0 Å². The molecule has 1 atom stereocenters. The second-order valence-electron chi connectivity index (χ2n) is 29.2. The summed E-state index contributed by atoms with van der Waals surface area (Å²) in [7, 11) is -16.5. The quantitative estimate of drug-likeness (QED) is 0.00407. The molecule has 9 rings (SSSR count). The molecule has 5 aromatic rings. The number of nitrogens with zero attached hydrogens (tertiary/aromatic N) is 7. The molecule has 4 aliphatic rings. The number of azide groups is 1. The molecule has 34 heteroatoms. The first kappa shape index (κ1) is 88.6. The van der Waals surface area contributed by atoms with Gasteiger partial charge in [-0.3, -0.25) is 14.4 Å². The summed E-state index contributed by atoms with van der Waals surface area (Å²) in [6.45, 7) is 17.3. The molecule has 4 heterocycles. The number of nitrogens with two attached hydrogens (primary N) is 2. The van der Waals surface area contributed by atoms with Gasteiger partial charge in [-0.25, -0.2) is 48.7 Å².